The minimum Gasteiger partial charge on any atom is -0.354 e. The number of aromatic nitrogens is 1. The SMILES string of the molecule is CC(C)C(Nc1nc2cccc(Cl)c2s1)c1cccs1. The summed E-state index contributed by atoms with van der Waals surface area (Å²) >= 11 is 9.61. The van der Waals surface area contributed by atoms with E-state index in [1.807, 2.05) is 18.2 Å². The summed E-state index contributed by atoms with van der Waals surface area (Å²) in [6.45, 7) is 4.44. The van der Waals surface area contributed by atoms with Gasteiger partial charge in [-0.2, -0.15) is 0 Å². The maximum atomic E-state index is 6.21. The third-order valence-corrected chi connectivity index (χ3v) is 5.58. The van der Waals surface area contributed by atoms with E-state index in [9.17, 15) is 0 Å². The highest BCUT2D eigenvalue weighted by molar-refractivity contribution is 7.22. The normalized spacial score (nSPS) is 13.0. The molecule has 20 heavy (non-hydrogen) atoms. The molecular formula is C15H15ClN2S2. The number of hydrogen-bond donors (Lipinski definition) is 1. The minimum absolute atomic E-state index is 0.286. The van der Waals surface area contributed by atoms with Crippen molar-refractivity contribution in [1.29, 1.82) is 0 Å². The zero-order valence-electron chi connectivity index (χ0n) is 11.3. The number of nitrogens with one attached hydrogen (secondary N) is 1. The van der Waals surface area contributed by atoms with Gasteiger partial charge in [-0.3, -0.25) is 0 Å². The molecule has 0 aliphatic carbocycles. The van der Waals surface area contributed by atoms with E-state index in [1.54, 1.807) is 22.7 Å². The van der Waals surface area contributed by atoms with E-state index in [0.29, 0.717) is 5.92 Å². The van der Waals surface area contributed by atoms with Crippen molar-refractivity contribution in [3.05, 3.63) is 45.6 Å². The summed E-state index contributed by atoms with van der Waals surface area (Å²) in [6.07, 6.45) is 0. The van der Waals surface area contributed by atoms with Gasteiger partial charge in [-0.1, -0.05) is 48.9 Å². The second-order valence-corrected chi connectivity index (χ2v) is 7.37. The highest BCUT2D eigenvalue weighted by atomic mass is 35.5. The quantitative estimate of drug-likeness (QED) is 0.654. The Hall–Kier alpha value is -1.10. The maximum absolute atomic E-state index is 6.21. The van der Waals surface area contributed by atoms with Crippen molar-refractivity contribution in [2.45, 2.75) is 19.9 Å². The Bertz CT molecular complexity index is 704. The second kappa shape index (κ2) is 5.72. The number of hydrogen-bond acceptors (Lipinski definition) is 4. The van der Waals surface area contributed by atoms with Crippen molar-refractivity contribution in [3.63, 3.8) is 0 Å². The largest absolute Gasteiger partial charge is 0.354 e. The van der Waals surface area contributed by atoms with Crippen LogP contribution in [0.5, 0.6) is 0 Å². The fourth-order valence-electron chi connectivity index (χ4n) is 2.14. The molecule has 0 bridgehead atoms. The van der Waals surface area contributed by atoms with Gasteiger partial charge in [-0.15, -0.1) is 11.3 Å². The van der Waals surface area contributed by atoms with Crippen LogP contribution in [0.2, 0.25) is 5.02 Å². The molecule has 2 aromatic heterocycles. The first-order valence-electron chi connectivity index (χ1n) is 6.50. The summed E-state index contributed by atoms with van der Waals surface area (Å²) in [4.78, 5) is 5.97. The van der Waals surface area contributed by atoms with Gasteiger partial charge in [-0.25, -0.2) is 4.98 Å². The van der Waals surface area contributed by atoms with Gasteiger partial charge in [0.1, 0.15) is 0 Å². The van der Waals surface area contributed by atoms with E-state index in [2.05, 4.69) is 41.7 Å². The van der Waals surface area contributed by atoms with Crippen LogP contribution in [0.3, 0.4) is 0 Å². The lowest BCUT2D eigenvalue weighted by Crippen LogP contribution is -2.15. The first-order valence-corrected chi connectivity index (χ1v) is 8.57. The van der Waals surface area contributed by atoms with Crippen LogP contribution in [0.25, 0.3) is 10.2 Å². The molecule has 1 atom stereocenters. The molecule has 1 unspecified atom stereocenters. The zero-order valence-corrected chi connectivity index (χ0v) is 13.6. The Balaban J connectivity index is 1.93. The van der Waals surface area contributed by atoms with E-state index in [4.69, 9.17) is 11.6 Å². The molecule has 2 heterocycles. The number of anilines is 1. The number of halogens is 1. The van der Waals surface area contributed by atoms with Gasteiger partial charge in [0.05, 0.1) is 21.3 Å². The fraction of sp³-hybridized carbons (Fsp3) is 0.267. The molecule has 3 aromatic rings. The zero-order chi connectivity index (χ0) is 14.1. The second-order valence-electron chi connectivity index (χ2n) is 4.99. The van der Waals surface area contributed by atoms with Gasteiger partial charge in [0, 0.05) is 4.88 Å². The Kier molecular flexibility index (Phi) is 3.96. The minimum atomic E-state index is 0.286. The summed E-state index contributed by atoms with van der Waals surface area (Å²) in [5.74, 6) is 0.496. The van der Waals surface area contributed by atoms with Gasteiger partial charge in [0.2, 0.25) is 0 Å². The van der Waals surface area contributed by atoms with E-state index < -0.39 is 0 Å². The number of rotatable bonds is 4. The average molecular weight is 323 g/mol. The number of fused-ring (bicyclic) bond motifs is 1. The van der Waals surface area contributed by atoms with E-state index >= 15 is 0 Å². The third kappa shape index (κ3) is 2.68. The molecule has 0 saturated heterocycles. The van der Waals surface area contributed by atoms with Crippen LogP contribution in [-0.2, 0) is 0 Å². The summed E-state index contributed by atoms with van der Waals surface area (Å²) in [7, 11) is 0. The molecular weight excluding hydrogens is 308 g/mol. The van der Waals surface area contributed by atoms with Crippen molar-refractivity contribution in [1.82, 2.24) is 4.98 Å². The Morgan fingerprint density at radius 1 is 1.20 bits per heavy atom. The molecule has 0 aliphatic rings. The molecule has 104 valence electrons. The monoisotopic (exact) mass is 322 g/mol. The van der Waals surface area contributed by atoms with Gasteiger partial charge >= 0.3 is 0 Å². The third-order valence-electron chi connectivity index (χ3n) is 3.16. The van der Waals surface area contributed by atoms with Gasteiger partial charge in [-0.05, 0) is 29.5 Å². The van der Waals surface area contributed by atoms with Crippen molar-refractivity contribution in [3.8, 4) is 0 Å². The van der Waals surface area contributed by atoms with Crippen molar-refractivity contribution in [2.75, 3.05) is 5.32 Å². The van der Waals surface area contributed by atoms with E-state index in [1.165, 1.54) is 4.88 Å². The molecule has 0 spiro atoms. The molecule has 0 fully saturated rings. The summed E-state index contributed by atoms with van der Waals surface area (Å²) in [5.41, 5.74) is 0.957. The lowest BCUT2D eigenvalue weighted by Gasteiger charge is -2.20. The van der Waals surface area contributed by atoms with Crippen LogP contribution in [0.1, 0.15) is 24.8 Å². The highest BCUT2D eigenvalue weighted by Gasteiger charge is 2.18. The summed E-state index contributed by atoms with van der Waals surface area (Å²) in [6, 6.07) is 10.4. The predicted molar refractivity (Wildman–Crippen MR) is 90.2 cm³/mol. The average Bonchev–Trinajstić information content (AvgIpc) is 3.05. The number of thiophene rings is 1. The molecule has 0 amide bonds. The van der Waals surface area contributed by atoms with Crippen molar-refractivity contribution < 1.29 is 0 Å². The molecule has 0 radical (unpaired) electrons. The standard InChI is InChI=1S/C15H15ClN2S2/c1-9(2)13(12-7-4-8-19-12)18-15-17-11-6-3-5-10(16)14(11)20-15/h3-9,13H,1-2H3,(H,17,18). The molecule has 5 heteroatoms. The Labute approximate surface area is 131 Å². The van der Waals surface area contributed by atoms with Gasteiger partial charge in [0.15, 0.2) is 5.13 Å². The van der Waals surface area contributed by atoms with Crippen LogP contribution in [0, 0.1) is 5.92 Å². The van der Waals surface area contributed by atoms with E-state index in [0.717, 1.165) is 20.4 Å². The summed E-state index contributed by atoms with van der Waals surface area (Å²) in [5, 5.41) is 7.37. The maximum Gasteiger partial charge on any atom is 0.184 e. The van der Waals surface area contributed by atoms with Crippen LogP contribution in [0.4, 0.5) is 5.13 Å². The lowest BCUT2D eigenvalue weighted by molar-refractivity contribution is 0.553. The smallest absolute Gasteiger partial charge is 0.184 e. The highest BCUT2D eigenvalue weighted by Crippen LogP contribution is 2.35. The van der Waals surface area contributed by atoms with Gasteiger partial charge < -0.3 is 5.32 Å². The predicted octanol–water partition coefficient (Wildman–Crippen LogP) is 5.82. The van der Waals surface area contributed by atoms with E-state index in [-0.39, 0.29) is 6.04 Å². The lowest BCUT2D eigenvalue weighted by atomic mass is 10.0. The van der Waals surface area contributed by atoms with Crippen molar-refractivity contribution >= 4 is 49.6 Å². The number of nitrogens with zero attached hydrogens (tertiary/aromatic N) is 1. The molecule has 3 rings (SSSR count). The Morgan fingerprint density at radius 2 is 2.05 bits per heavy atom. The number of benzene rings is 1. The summed E-state index contributed by atoms with van der Waals surface area (Å²) < 4.78 is 1.05. The molecule has 0 saturated carbocycles. The van der Waals surface area contributed by atoms with Crippen LogP contribution in [0.15, 0.2) is 35.7 Å². The van der Waals surface area contributed by atoms with Crippen LogP contribution in [-0.4, -0.2) is 4.98 Å². The molecule has 2 nitrogen and oxygen atoms in total. The molecule has 0 aliphatic heterocycles. The molecule has 1 aromatic carbocycles. The van der Waals surface area contributed by atoms with Crippen molar-refractivity contribution in [2.24, 2.45) is 5.92 Å². The fourth-order valence-corrected chi connectivity index (χ4v) is 4.29. The Morgan fingerprint density at radius 3 is 2.70 bits per heavy atom. The number of thiazole rings is 1. The topological polar surface area (TPSA) is 24.9 Å². The molecule has 1 N–H and O–H groups in total. The van der Waals surface area contributed by atoms with Crippen LogP contribution < -0.4 is 5.32 Å². The first kappa shape index (κ1) is 13.9. The first-order chi connectivity index (χ1) is 9.65. The van der Waals surface area contributed by atoms with Crippen LogP contribution >= 0.6 is 34.3 Å². The van der Waals surface area contributed by atoms with Gasteiger partial charge in [0.25, 0.3) is 0 Å².